The Bertz CT molecular complexity index is 1070. The lowest BCUT2D eigenvalue weighted by Crippen LogP contribution is -2.14. The minimum atomic E-state index is -2.83. The molecule has 0 saturated carbocycles. The standard InChI is InChI=1S/C22H21Cl2N2O5P/c23-17-6-4-16(5-7-17)21-19(31-22(24)26-21)10-11-20(27)25-18-8-2-15(3-9-18)14-32(28)29-12-1-13-30-32/h2-9,28H,1,10-14H2/p+1. The Morgan fingerprint density at radius 2 is 1.75 bits per heavy atom. The average Bonchev–Trinajstić information content (AvgIpc) is 3.15. The third-order valence-electron chi connectivity index (χ3n) is 4.86. The first-order valence-electron chi connectivity index (χ1n) is 10.1. The van der Waals surface area contributed by atoms with Crippen LogP contribution in [0.25, 0.3) is 11.3 Å². The van der Waals surface area contributed by atoms with E-state index in [4.69, 9.17) is 36.7 Å². The third-order valence-corrected chi connectivity index (χ3v) is 7.21. The van der Waals surface area contributed by atoms with E-state index in [1.54, 1.807) is 24.3 Å². The molecule has 1 saturated heterocycles. The van der Waals surface area contributed by atoms with Crippen LogP contribution in [0.3, 0.4) is 0 Å². The molecule has 2 heterocycles. The number of anilines is 1. The molecule has 1 aliphatic rings. The molecule has 0 bridgehead atoms. The zero-order chi connectivity index (χ0) is 22.6. The Hall–Kier alpha value is -1.99. The van der Waals surface area contributed by atoms with Crippen molar-refractivity contribution in [3.05, 3.63) is 70.2 Å². The number of nitrogens with one attached hydrogen (secondary N) is 1. The summed E-state index contributed by atoms with van der Waals surface area (Å²) in [7, 11) is -2.83. The van der Waals surface area contributed by atoms with Crippen LogP contribution in [0.4, 0.5) is 5.69 Å². The van der Waals surface area contributed by atoms with E-state index in [0.717, 1.165) is 17.5 Å². The van der Waals surface area contributed by atoms with Crippen molar-refractivity contribution in [1.82, 2.24) is 4.98 Å². The summed E-state index contributed by atoms with van der Waals surface area (Å²) in [6.07, 6.45) is 1.64. The van der Waals surface area contributed by atoms with E-state index >= 15 is 0 Å². The number of hydrogen-bond donors (Lipinski definition) is 2. The van der Waals surface area contributed by atoms with Gasteiger partial charge in [0.15, 0.2) is 6.16 Å². The minimum Gasteiger partial charge on any atom is -0.432 e. The Labute approximate surface area is 196 Å². The number of oxazole rings is 1. The molecule has 0 unspecified atom stereocenters. The highest BCUT2D eigenvalue weighted by Crippen LogP contribution is 2.61. The van der Waals surface area contributed by atoms with Gasteiger partial charge in [-0.2, -0.15) is 18.9 Å². The summed E-state index contributed by atoms with van der Waals surface area (Å²) in [6, 6.07) is 14.4. The largest absolute Gasteiger partial charge is 0.432 e. The lowest BCUT2D eigenvalue weighted by molar-refractivity contribution is -0.116. The van der Waals surface area contributed by atoms with Crippen LogP contribution < -0.4 is 5.32 Å². The maximum absolute atomic E-state index is 12.4. The molecular weight excluding hydrogens is 474 g/mol. The second-order valence-corrected chi connectivity index (χ2v) is 10.2. The normalized spacial score (nSPS) is 15.5. The van der Waals surface area contributed by atoms with Crippen LogP contribution in [-0.4, -0.2) is 29.0 Å². The molecule has 1 fully saturated rings. The maximum atomic E-state index is 12.4. The predicted molar refractivity (Wildman–Crippen MR) is 125 cm³/mol. The van der Waals surface area contributed by atoms with E-state index in [1.165, 1.54) is 0 Å². The first-order chi connectivity index (χ1) is 15.4. The minimum absolute atomic E-state index is 0.0244. The van der Waals surface area contributed by atoms with Crippen LogP contribution in [0.2, 0.25) is 10.4 Å². The number of amides is 1. The molecule has 7 nitrogen and oxygen atoms in total. The molecule has 0 radical (unpaired) electrons. The van der Waals surface area contributed by atoms with Gasteiger partial charge in [0.05, 0.1) is 13.2 Å². The second-order valence-electron chi connectivity index (χ2n) is 7.31. The molecule has 2 N–H and O–H groups in total. The summed E-state index contributed by atoms with van der Waals surface area (Å²) in [5.41, 5.74) is 2.94. The number of hydrogen-bond acceptors (Lipinski definition) is 6. The van der Waals surface area contributed by atoms with Gasteiger partial charge in [0.25, 0.3) is 5.35 Å². The van der Waals surface area contributed by atoms with E-state index in [1.807, 2.05) is 24.3 Å². The monoisotopic (exact) mass is 495 g/mol. The predicted octanol–water partition coefficient (Wildman–Crippen LogP) is 5.91. The number of rotatable bonds is 7. The van der Waals surface area contributed by atoms with Crippen LogP contribution in [0.1, 0.15) is 24.2 Å². The molecule has 1 aliphatic heterocycles. The van der Waals surface area contributed by atoms with Crippen LogP contribution in [0, 0.1) is 0 Å². The Balaban J connectivity index is 1.33. The number of halogens is 2. The Morgan fingerprint density at radius 1 is 1.06 bits per heavy atom. The molecular formula is C22H22Cl2N2O5P+. The van der Waals surface area contributed by atoms with Crippen LogP contribution >= 0.6 is 31.1 Å². The van der Waals surface area contributed by atoms with Gasteiger partial charge in [0, 0.05) is 35.5 Å². The van der Waals surface area contributed by atoms with Crippen molar-refractivity contribution in [2.45, 2.75) is 25.4 Å². The fourth-order valence-corrected chi connectivity index (χ4v) is 5.36. The van der Waals surface area contributed by atoms with Crippen molar-refractivity contribution in [1.29, 1.82) is 0 Å². The van der Waals surface area contributed by atoms with Crippen molar-refractivity contribution < 1.29 is 23.2 Å². The van der Waals surface area contributed by atoms with E-state index in [9.17, 15) is 9.69 Å². The molecule has 3 aromatic rings. The van der Waals surface area contributed by atoms with E-state index in [-0.39, 0.29) is 17.7 Å². The summed E-state index contributed by atoms with van der Waals surface area (Å²) in [5.74, 6) is 0.366. The summed E-state index contributed by atoms with van der Waals surface area (Å²) >= 11 is 11.9. The highest BCUT2D eigenvalue weighted by atomic mass is 35.5. The first kappa shape index (κ1) is 23.2. The zero-order valence-corrected chi connectivity index (χ0v) is 19.5. The highest BCUT2D eigenvalue weighted by molar-refractivity contribution is 7.59. The number of carbonyl (C=O) groups is 1. The fourth-order valence-electron chi connectivity index (χ4n) is 3.30. The van der Waals surface area contributed by atoms with Gasteiger partial charge >= 0.3 is 7.94 Å². The summed E-state index contributed by atoms with van der Waals surface area (Å²) < 4.78 is 16.4. The third kappa shape index (κ3) is 6.07. The molecule has 4 rings (SSSR count). The molecule has 168 valence electrons. The van der Waals surface area contributed by atoms with Gasteiger partial charge in [-0.25, -0.2) is 0 Å². The van der Waals surface area contributed by atoms with Gasteiger partial charge < -0.3 is 9.73 Å². The zero-order valence-electron chi connectivity index (χ0n) is 17.1. The smallest absolute Gasteiger partial charge is 0.413 e. The molecule has 10 heteroatoms. The van der Waals surface area contributed by atoms with Gasteiger partial charge in [0.2, 0.25) is 5.91 Å². The maximum Gasteiger partial charge on any atom is 0.413 e. The molecule has 0 atom stereocenters. The SMILES string of the molecule is O=C(CCc1oc(Cl)nc1-c1ccc(Cl)cc1)Nc1ccc(C[P+]2(O)OCCCO2)cc1. The molecule has 1 aromatic heterocycles. The van der Waals surface area contributed by atoms with Gasteiger partial charge in [-0.15, -0.1) is 0 Å². The molecule has 32 heavy (non-hydrogen) atoms. The highest BCUT2D eigenvalue weighted by Gasteiger charge is 2.43. The van der Waals surface area contributed by atoms with Gasteiger partial charge in [0.1, 0.15) is 11.5 Å². The van der Waals surface area contributed by atoms with Gasteiger partial charge in [-0.3, -0.25) is 4.79 Å². The van der Waals surface area contributed by atoms with Gasteiger partial charge in [-0.1, -0.05) is 35.9 Å². The van der Waals surface area contributed by atoms with Crippen LogP contribution in [0.5, 0.6) is 0 Å². The van der Waals surface area contributed by atoms with E-state index in [0.29, 0.717) is 48.0 Å². The average molecular weight is 496 g/mol. The topological polar surface area (TPSA) is 93.8 Å². The lowest BCUT2D eigenvalue weighted by Gasteiger charge is -2.21. The van der Waals surface area contributed by atoms with Crippen molar-refractivity contribution in [3.8, 4) is 11.3 Å². The van der Waals surface area contributed by atoms with Crippen LogP contribution in [0.15, 0.2) is 52.9 Å². The van der Waals surface area contributed by atoms with Crippen molar-refractivity contribution >= 4 is 42.7 Å². The van der Waals surface area contributed by atoms with Crippen molar-refractivity contribution in [2.24, 2.45) is 0 Å². The fraction of sp³-hybridized carbons (Fsp3) is 0.273. The van der Waals surface area contributed by atoms with Crippen molar-refractivity contribution in [2.75, 3.05) is 18.5 Å². The molecule has 2 aromatic carbocycles. The van der Waals surface area contributed by atoms with E-state index < -0.39 is 7.94 Å². The van der Waals surface area contributed by atoms with Crippen LogP contribution in [-0.2, 0) is 26.4 Å². The Morgan fingerprint density at radius 3 is 2.44 bits per heavy atom. The van der Waals surface area contributed by atoms with Crippen molar-refractivity contribution in [3.63, 3.8) is 0 Å². The Kier molecular flexibility index (Phi) is 7.46. The number of benzene rings is 2. The molecule has 0 spiro atoms. The summed E-state index contributed by atoms with van der Waals surface area (Å²) in [4.78, 5) is 27.1. The second kappa shape index (κ2) is 10.3. The molecule has 1 amide bonds. The number of nitrogens with zero attached hydrogens (tertiary/aromatic N) is 1. The van der Waals surface area contributed by atoms with E-state index in [2.05, 4.69) is 10.3 Å². The summed E-state index contributed by atoms with van der Waals surface area (Å²) in [5, 5.41) is 3.50. The number of carbonyl (C=O) groups excluding carboxylic acids is 1. The molecule has 0 aliphatic carbocycles. The quantitative estimate of drug-likeness (QED) is 0.395. The van der Waals surface area contributed by atoms with Gasteiger partial charge in [-0.05, 0) is 41.4 Å². The number of aromatic nitrogens is 1. The number of aryl methyl sites for hydroxylation is 1. The first-order valence-corrected chi connectivity index (χ1v) is 12.6. The summed E-state index contributed by atoms with van der Waals surface area (Å²) in [6.45, 7) is 1.02. The lowest BCUT2D eigenvalue weighted by atomic mass is 10.1.